The van der Waals surface area contributed by atoms with Gasteiger partial charge in [-0.1, -0.05) is 13.8 Å². The number of hydrogen-bond acceptors (Lipinski definition) is 3. The van der Waals surface area contributed by atoms with Gasteiger partial charge in [0.15, 0.2) is 5.96 Å². The fourth-order valence-corrected chi connectivity index (χ4v) is 4.49. The van der Waals surface area contributed by atoms with Crippen molar-refractivity contribution in [3.63, 3.8) is 0 Å². The number of hydrogen-bond donors (Lipinski definition) is 2. The Bertz CT molecular complexity index is 332. The van der Waals surface area contributed by atoms with Crippen molar-refractivity contribution in [2.24, 2.45) is 16.8 Å². The molecule has 2 aliphatic rings. The lowest BCUT2D eigenvalue weighted by molar-refractivity contribution is 0.0773. The summed E-state index contributed by atoms with van der Waals surface area (Å²) in [6, 6.07) is 0. The quantitative estimate of drug-likeness (QED) is 0.616. The molecule has 3 atom stereocenters. The summed E-state index contributed by atoms with van der Waals surface area (Å²) >= 11 is 1.83. The molecule has 3 unspecified atom stereocenters. The van der Waals surface area contributed by atoms with E-state index >= 15 is 0 Å². The minimum absolute atomic E-state index is 0.529. The van der Waals surface area contributed by atoms with Crippen LogP contribution in [0.1, 0.15) is 33.6 Å². The zero-order valence-corrected chi connectivity index (χ0v) is 13.9. The highest BCUT2D eigenvalue weighted by atomic mass is 32.2. The first-order valence-corrected chi connectivity index (χ1v) is 9.01. The maximum Gasteiger partial charge on any atom is 0.194 e. The molecule has 116 valence electrons. The Hall–Kier alpha value is -0.420. The number of piperidine rings is 1. The molecule has 2 rings (SSSR count). The summed E-state index contributed by atoms with van der Waals surface area (Å²) in [6.07, 6.45) is 2.17. The molecule has 2 fully saturated rings. The average molecular weight is 299 g/mol. The van der Waals surface area contributed by atoms with Crippen LogP contribution in [0.2, 0.25) is 0 Å². The molecule has 20 heavy (non-hydrogen) atoms. The van der Waals surface area contributed by atoms with E-state index in [1.165, 1.54) is 6.42 Å². The lowest BCUT2D eigenvalue weighted by Gasteiger charge is -2.37. The number of rotatable bonds is 3. The van der Waals surface area contributed by atoms with Crippen LogP contribution in [-0.2, 0) is 0 Å². The Kier molecular flexibility index (Phi) is 5.61. The van der Waals surface area contributed by atoms with Crippen LogP contribution in [0.5, 0.6) is 0 Å². The summed E-state index contributed by atoms with van der Waals surface area (Å²) in [7, 11) is 0. The summed E-state index contributed by atoms with van der Waals surface area (Å²) in [5.74, 6) is 4.29. The maximum atomic E-state index is 10.4. The van der Waals surface area contributed by atoms with Gasteiger partial charge in [-0.3, -0.25) is 4.99 Å². The lowest BCUT2D eigenvalue weighted by atomic mass is 9.92. The SMILES string of the molecule is CCNC(=NCC1(O)CCSC1)N1CC(C)CC(C)C1. The number of thioether (sulfide) groups is 1. The van der Waals surface area contributed by atoms with Crippen molar-refractivity contribution in [3.8, 4) is 0 Å². The monoisotopic (exact) mass is 299 g/mol. The first-order chi connectivity index (χ1) is 9.52. The van der Waals surface area contributed by atoms with Gasteiger partial charge in [-0.25, -0.2) is 0 Å². The first-order valence-electron chi connectivity index (χ1n) is 7.86. The van der Waals surface area contributed by atoms with Gasteiger partial charge in [0.05, 0.1) is 12.1 Å². The van der Waals surface area contributed by atoms with Crippen molar-refractivity contribution in [1.82, 2.24) is 10.2 Å². The highest BCUT2D eigenvalue weighted by Crippen LogP contribution is 2.28. The van der Waals surface area contributed by atoms with Crippen LogP contribution in [-0.4, -0.2) is 59.3 Å². The molecule has 0 radical (unpaired) electrons. The minimum Gasteiger partial charge on any atom is -0.387 e. The number of aliphatic hydroxyl groups is 1. The summed E-state index contributed by atoms with van der Waals surface area (Å²) in [6.45, 7) is 10.3. The van der Waals surface area contributed by atoms with Crippen LogP contribution in [0.25, 0.3) is 0 Å². The van der Waals surface area contributed by atoms with Crippen molar-refractivity contribution >= 4 is 17.7 Å². The molecule has 0 aromatic rings. The van der Waals surface area contributed by atoms with Gasteiger partial charge >= 0.3 is 0 Å². The Morgan fingerprint density at radius 3 is 2.65 bits per heavy atom. The molecule has 2 saturated heterocycles. The van der Waals surface area contributed by atoms with E-state index in [1.54, 1.807) is 0 Å². The zero-order chi connectivity index (χ0) is 14.6. The third-order valence-corrected chi connectivity index (χ3v) is 5.34. The first kappa shape index (κ1) is 16.0. The molecule has 5 heteroatoms. The van der Waals surface area contributed by atoms with Crippen molar-refractivity contribution in [2.45, 2.75) is 39.2 Å². The second-order valence-corrected chi connectivity index (χ2v) is 7.65. The van der Waals surface area contributed by atoms with Crippen molar-refractivity contribution in [1.29, 1.82) is 0 Å². The normalized spacial score (nSPS) is 35.4. The van der Waals surface area contributed by atoms with Gasteiger partial charge in [-0.2, -0.15) is 11.8 Å². The molecule has 2 N–H and O–H groups in total. The Balaban J connectivity index is 2.01. The molecule has 2 aliphatic heterocycles. The average Bonchev–Trinajstić information content (AvgIpc) is 2.80. The van der Waals surface area contributed by atoms with Gasteiger partial charge in [-0.15, -0.1) is 0 Å². The topological polar surface area (TPSA) is 47.9 Å². The summed E-state index contributed by atoms with van der Waals surface area (Å²) in [5, 5.41) is 13.8. The van der Waals surface area contributed by atoms with Crippen molar-refractivity contribution in [2.75, 3.05) is 37.7 Å². The molecule has 0 aromatic carbocycles. The van der Waals surface area contributed by atoms with Gasteiger partial charge in [-0.05, 0) is 37.4 Å². The number of guanidine groups is 1. The molecule has 4 nitrogen and oxygen atoms in total. The second-order valence-electron chi connectivity index (χ2n) is 6.55. The highest BCUT2D eigenvalue weighted by Gasteiger charge is 2.32. The van der Waals surface area contributed by atoms with E-state index in [2.05, 4.69) is 31.0 Å². The van der Waals surface area contributed by atoms with Crippen molar-refractivity contribution in [3.05, 3.63) is 0 Å². The van der Waals surface area contributed by atoms with E-state index < -0.39 is 5.60 Å². The molecule has 2 heterocycles. The third-order valence-electron chi connectivity index (χ3n) is 4.11. The van der Waals surface area contributed by atoms with Crippen LogP contribution in [0.4, 0.5) is 0 Å². The molecule has 0 bridgehead atoms. The Morgan fingerprint density at radius 1 is 1.40 bits per heavy atom. The van der Waals surface area contributed by atoms with Crippen LogP contribution in [0.15, 0.2) is 4.99 Å². The van der Waals surface area contributed by atoms with Crippen LogP contribution in [0, 0.1) is 11.8 Å². The zero-order valence-electron chi connectivity index (χ0n) is 13.1. The molecule has 0 aromatic heterocycles. The molecule has 0 amide bonds. The number of nitrogens with zero attached hydrogens (tertiary/aromatic N) is 2. The lowest BCUT2D eigenvalue weighted by Crippen LogP contribution is -2.49. The molecular formula is C15H29N3OS. The standard InChI is InChI=1S/C15H29N3OS/c1-4-16-14(17-10-15(19)5-6-20-11-15)18-8-12(2)7-13(3)9-18/h12-13,19H,4-11H2,1-3H3,(H,16,17). The van der Waals surface area contributed by atoms with E-state index in [0.29, 0.717) is 18.4 Å². The molecule has 0 aliphatic carbocycles. The fraction of sp³-hybridized carbons (Fsp3) is 0.933. The predicted molar refractivity (Wildman–Crippen MR) is 87.4 cm³/mol. The van der Waals surface area contributed by atoms with E-state index in [9.17, 15) is 5.11 Å². The van der Waals surface area contributed by atoms with Gasteiger partial charge in [0.25, 0.3) is 0 Å². The third kappa shape index (κ3) is 4.29. The second kappa shape index (κ2) is 7.03. The molecule has 0 spiro atoms. The van der Waals surface area contributed by atoms with Crippen LogP contribution < -0.4 is 5.32 Å². The van der Waals surface area contributed by atoms with E-state index in [4.69, 9.17) is 4.99 Å². The Morgan fingerprint density at radius 2 is 2.10 bits per heavy atom. The summed E-state index contributed by atoms with van der Waals surface area (Å²) in [5.41, 5.74) is -0.585. The number of aliphatic imine (C=N–C) groups is 1. The fourth-order valence-electron chi connectivity index (χ4n) is 3.20. The van der Waals surface area contributed by atoms with Crippen LogP contribution in [0.3, 0.4) is 0 Å². The maximum absolute atomic E-state index is 10.4. The number of nitrogens with one attached hydrogen (secondary N) is 1. The Labute approximate surface area is 127 Å². The smallest absolute Gasteiger partial charge is 0.194 e. The van der Waals surface area contributed by atoms with E-state index in [0.717, 1.165) is 43.5 Å². The van der Waals surface area contributed by atoms with Gasteiger partial charge < -0.3 is 15.3 Å². The van der Waals surface area contributed by atoms with Gasteiger partial charge in [0.2, 0.25) is 0 Å². The summed E-state index contributed by atoms with van der Waals surface area (Å²) < 4.78 is 0. The molecule has 0 saturated carbocycles. The van der Waals surface area contributed by atoms with Crippen LogP contribution >= 0.6 is 11.8 Å². The minimum atomic E-state index is -0.585. The largest absolute Gasteiger partial charge is 0.387 e. The highest BCUT2D eigenvalue weighted by molar-refractivity contribution is 7.99. The van der Waals surface area contributed by atoms with E-state index in [1.807, 2.05) is 11.8 Å². The van der Waals surface area contributed by atoms with Gasteiger partial charge in [0, 0.05) is 25.4 Å². The summed E-state index contributed by atoms with van der Waals surface area (Å²) in [4.78, 5) is 7.10. The van der Waals surface area contributed by atoms with E-state index in [-0.39, 0.29) is 0 Å². The van der Waals surface area contributed by atoms with Crippen molar-refractivity contribution < 1.29 is 5.11 Å². The molecular weight excluding hydrogens is 270 g/mol. The van der Waals surface area contributed by atoms with Gasteiger partial charge in [0.1, 0.15) is 0 Å². The number of likely N-dealkylation sites (tertiary alicyclic amines) is 1. The predicted octanol–water partition coefficient (Wildman–Crippen LogP) is 1.80.